The van der Waals surface area contributed by atoms with Crippen molar-refractivity contribution in [2.24, 2.45) is 0 Å². The molecule has 1 nitrogen and oxygen atoms in total. The lowest BCUT2D eigenvalue weighted by Crippen LogP contribution is -1.82. The zero-order chi connectivity index (χ0) is 13.0. The maximum atomic E-state index is 6.24. The molecule has 2 rings (SSSR count). The van der Waals surface area contributed by atoms with Crippen LogP contribution in [0.1, 0.15) is 5.56 Å². The molecule has 1 atom stereocenters. The molecule has 1 unspecified atom stereocenters. The summed E-state index contributed by atoms with van der Waals surface area (Å²) in [5.41, 5.74) is 1.19. The Hall–Kier alpha value is -0.400. The van der Waals surface area contributed by atoms with Crippen LogP contribution in [0.3, 0.4) is 0 Å². The predicted molar refractivity (Wildman–Crippen MR) is 81.9 cm³/mol. The third kappa shape index (κ3) is 3.80. The molecule has 0 aliphatic rings. The van der Waals surface area contributed by atoms with Crippen LogP contribution in [0.25, 0.3) is 0 Å². The predicted octanol–water partition coefficient (Wildman–Crippen LogP) is 6.29. The highest BCUT2D eigenvalue weighted by Gasteiger charge is 2.13. The van der Waals surface area contributed by atoms with Gasteiger partial charge in [-0.1, -0.05) is 41.9 Å². The van der Waals surface area contributed by atoms with Gasteiger partial charge >= 0.3 is 0 Å². The highest BCUT2D eigenvalue weighted by molar-refractivity contribution is 8.61. The summed E-state index contributed by atoms with van der Waals surface area (Å²) >= 11 is 13.8. The minimum Gasteiger partial charge on any atom is -0.446 e. The van der Waals surface area contributed by atoms with Crippen LogP contribution in [-0.4, -0.2) is 0 Å². The standard InChI is InChI=1S/C13H11Cl2OPS/c1-10-6-2-5-9-13(10)18-17(15)16-12-8-4-3-7-11(12)14/h2-9H,1H3. The largest absolute Gasteiger partial charge is 0.446 e. The molecule has 2 aromatic rings. The van der Waals surface area contributed by atoms with E-state index in [9.17, 15) is 0 Å². The van der Waals surface area contributed by atoms with E-state index in [4.69, 9.17) is 27.4 Å². The van der Waals surface area contributed by atoms with E-state index in [0.29, 0.717) is 10.8 Å². The van der Waals surface area contributed by atoms with Gasteiger partial charge in [-0.05, 0) is 53.3 Å². The van der Waals surface area contributed by atoms with Gasteiger partial charge in [-0.3, -0.25) is 0 Å². The Bertz CT molecular complexity index is 488. The van der Waals surface area contributed by atoms with Crippen molar-refractivity contribution in [3.8, 4) is 5.75 Å². The molecule has 5 heteroatoms. The summed E-state index contributed by atoms with van der Waals surface area (Å²) in [6.07, 6.45) is 0. The normalized spacial score (nSPS) is 12.2. The van der Waals surface area contributed by atoms with Crippen molar-refractivity contribution in [1.82, 2.24) is 0 Å². The second-order valence-corrected chi connectivity index (χ2v) is 8.29. The first-order chi connectivity index (χ1) is 8.66. The molecule has 2 aromatic carbocycles. The summed E-state index contributed by atoms with van der Waals surface area (Å²) in [6.45, 7) is 0.892. The molecule has 0 N–H and O–H groups in total. The molecule has 0 spiro atoms. The van der Waals surface area contributed by atoms with Crippen LogP contribution in [0.2, 0.25) is 5.02 Å². The van der Waals surface area contributed by atoms with E-state index in [1.807, 2.05) is 36.4 Å². The Morgan fingerprint density at radius 2 is 1.72 bits per heavy atom. The Morgan fingerprint density at radius 1 is 1.06 bits per heavy atom. The summed E-state index contributed by atoms with van der Waals surface area (Å²) in [7, 11) is 0. The number of benzene rings is 2. The number of aryl methyl sites for hydroxylation is 1. The van der Waals surface area contributed by atoms with Gasteiger partial charge in [0.1, 0.15) is 5.75 Å². The molecule has 18 heavy (non-hydrogen) atoms. The molecule has 0 aromatic heterocycles. The van der Waals surface area contributed by atoms with Gasteiger partial charge in [0.05, 0.1) is 5.02 Å². The van der Waals surface area contributed by atoms with Gasteiger partial charge in [0, 0.05) is 4.90 Å². The average molecular weight is 317 g/mol. The van der Waals surface area contributed by atoms with Crippen LogP contribution in [0.5, 0.6) is 5.75 Å². The lowest BCUT2D eigenvalue weighted by Gasteiger charge is -2.12. The molecule has 0 heterocycles. The van der Waals surface area contributed by atoms with E-state index in [0.717, 1.165) is 4.90 Å². The average Bonchev–Trinajstić information content (AvgIpc) is 2.35. The third-order valence-electron chi connectivity index (χ3n) is 2.27. The number of hydrogen-bond acceptors (Lipinski definition) is 2. The van der Waals surface area contributed by atoms with Crippen molar-refractivity contribution in [3.63, 3.8) is 0 Å². The van der Waals surface area contributed by atoms with E-state index in [1.165, 1.54) is 16.9 Å². The number of para-hydroxylation sites is 1. The molecule has 0 saturated carbocycles. The van der Waals surface area contributed by atoms with Gasteiger partial charge in [0.2, 0.25) is 0 Å². The molecule has 0 aliphatic heterocycles. The van der Waals surface area contributed by atoms with Gasteiger partial charge in [-0.2, -0.15) is 0 Å². The lowest BCUT2D eigenvalue weighted by molar-refractivity contribution is 0.639. The first-order valence-corrected chi connectivity index (χ1v) is 9.25. The zero-order valence-electron chi connectivity index (χ0n) is 9.64. The van der Waals surface area contributed by atoms with Crippen molar-refractivity contribution in [2.45, 2.75) is 11.8 Å². The maximum absolute atomic E-state index is 6.24. The molecule has 0 radical (unpaired) electrons. The zero-order valence-corrected chi connectivity index (χ0v) is 12.9. The van der Waals surface area contributed by atoms with Crippen LogP contribution < -0.4 is 4.52 Å². The number of halogens is 2. The highest BCUT2D eigenvalue weighted by atomic mass is 35.7. The van der Waals surface area contributed by atoms with Gasteiger partial charge < -0.3 is 4.52 Å². The lowest BCUT2D eigenvalue weighted by atomic mass is 10.2. The molecule has 0 aliphatic carbocycles. The quantitative estimate of drug-likeness (QED) is 0.613. The van der Waals surface area contributed by atoms with E-state index in [2.05, 4.69) is 13.0 Å². The smallest absolute Gasteiger partial charge is 0.251 e. The van der Waals surface area contributed by atoms with Gasteiger partial charge in [-0.15, -0.1) is 0 Å². The second-order valence-electron chi connectivity index (χ2n) is 3.59. The number of hydrogen-bond donors (Lipinski definition) is 0. The van der Waals surface area contributed by atoms with Crippen molar-refractivity contribution >= 4 is 40.9 Å². The molecular formula is C13H11Cl2OPS. The second kappa shape index (κ2) is 6.68. The third-order valence-corrected chi connectivity index (χ3v) is 5.79. The topological polar surface area (TPSA) is 9.23 Å². The summed E-state index contributed by atoms with van der Waals surface area (Å²) in [5, 5.41) is 0.580. The van der Waals surface area contributed by atoms with Gasteiger partial charge in [0.25, 0.3) is 6.70 Å². The van der Waals surface area contributed by atoms with Gasteiger partial charge in [0.15, 0.2) is 0 Å². The van der Waals surface area contributed by atoms with E-state index in [1.54, 1.807) is 6.07 Å². The fraction of sp³-hybridized carbons (Fsp3) is 0.0769. The summed E-state index contributed by atoms with van der Waals surface area (Å²) in [5.74, 6) is 0.626. The van der Waals surface area contributed by atoms with Crippen molar-refractivity contribution < 1.29 is 4.52 Å². The van der Waals surface area contributed by atoms with Crippen molar-refractivity contribution in [1.29, 1.82) is 0 Å². The monoisotopic (exact) mass is 316 g/mol. The Morgan fingerprint density at radius 3 is 2.44 bits per heavy atom. The van der Waals surface area contributed by atoms with E-state index >= 15 is 0 Å². The van der Waals surface area contributed by atoms with Crippen LogP contribution in [0.4, 0.5) is 0 Å². The molecule has 0 bridgehead atoms. The van der Waals surface area contributed by atoms with Crippen LogP contribution in [0.15, 0.2) is 53.4 Å². The SMILES string of the molecule is Cc1ccccc1SP(Cl)Oc1ccccc1Cl. The molecular weight excluding hydrogens is 306 g/mol. The van der Waals surface area contributed by atoms with Crippen molar-refractivity contribution in [3.05, 3.63) is 59.1 Å². The molecule has 0 saturated heterocycles. The van der Waals surface area contributed by atoms with Gasteiger partial charge in [-0.25, -0.2) is 0 Å². The van der Waals surface area contributed by atoms with E-state index in [-0.39, 0.29) is 0 Å². The fourth-order valence-electron chi connectivity index (χ4n) is 1.35. The van der Waals surface area contributed by atoms with Crippen molar-refractivity contribution in [2.75, 3.05) is 0 Å². The molecule has 0 amide bonds. The Kier molecular flexibility index (Phi) is 5.20. The van der Waals surface area contributed by atoms with E-state index < -0.39 is 6.70 Å². The molecule has 94 valence electrons. The first-order valence-electron chi connectivity index (χ1n) is 5.29. The van der Waals surface area contributed by atoms with Crippen LogP contribution in [0, 0.1) is 6.92 Å². The van der Waals surface area contributed by atoms with Crippen LogP contribution >= 0.6 is 40.9 Å². The van der Waals surface area contributed by atoms with Crippen LogP contribution in [-0.2, 0) is 0 Å². The maximum Gasteiger partial charge on any atom is 0.251 e. The Labute approximate surface area is 122 Å². The Balaban J connectivity index is 2.04. The summed E-state index contributed by atoms with van der Waals surface area (Å²) < 4.78 is 5.67. The fourth-order valence-corrected chi connectivity index (χ4v) is 4.76. The molecule has 0 fully saturated rings. The number of rotatable bonds is 4. The summed E-state index contributed by atoms with van der Waals surface area (Å²) in [6, 6.07) is 15.4. The minimum atomic E-state index is -1.16. The minimum absolute atomic E-state index is 0.580. The first kappa shape index (κ1) is 14.0. The highest BCUT2D eigenvalue weighted by Crippen LogP contribution is 2.59. The summed E-state index contributed by atoms with van der Waals surface area (Å²) in [4.78, 5) is 1.13.